The third-order valence-corrected chi connectivity index (χ3v) is 5.35. The first kappa shape index (κ1) is 19.7. The molecule has 1 atom stereocenters. The van der Waals surface area contributed by atoms with Crippen molar-refractivity contribution >= 4 is 23.2 Å². The van der Waals surface area contributed by atoms with Crippen molar-refractivity contribution in [1.29, 1.82) is 0 Å². The van der Waals surface area contributed by atoms with Gasteiger partial charge in [0.15, 0.2) is 0 Å². The fourth-order valence-electron chi connectivity index (χ4n) is 3.63. The molecular formula is C25H24N2O3. The molecule has 0 spiro atoms. The second-order valence-corrected chi connectivity index (χ2v) is 7.57. The Morgan fingerprint density at radius 1 is 0.933 bits per heavy atom. The Bertz CT molecular complexity index is 1080. The van der Waals surface area contributed by atoms with E-state index >= 15 is 0 Å². The predicted octanol–water partition coefficient (Wildman–Crippen LogP) is 5.09. The molecule has 1 aliphatic heterocycles. The van der Waals surface area contributed by atoms with Gasteiger partial charge in [-0.15, -0.1) is 0 Å². The monoisotopic (exact) mass is 400 g/mol. The molecule has 0 unspecified atom stereocenters. The van der Waals surface area contributed by atoms with Gasteiger partial charge in [0.2, 0.25) is 11.8 Å². The molecule has 2 amide bonds. The molecule has 5 nitrogen and oxygen atoms in total. The number of hydrogen-bond donors (Lipinski definition) is 1. The molecule has 1 N–H and O–H groups in total. The molecule has 0 saturated carbocycles. The highest BCUT2D eigenvalue weighted by atomic mass is 16.5. The Hall–Kier alpha value is -3.60. The van der Waals surface area contributed by atoms with Crippen LogP contribution in [0.15, 0.2) is 72.8 Å². The molecule has 1 fully saturated rings. The number of nitrogens with one attached hydrogen (secondary N) is 1. The van der Waals surface area contributed by atoms with Crippen molar-refractivity contribution in [2.75, 3.05) is 16.8 Å². The van der Waals surface area contributed by atoms with E-state index in [4.69, 9.17) is 4.74 Å². The highest BCUT2D eigenvalue weighted by Crippen LogP contribution is 2.29. The first-order valence-electron chi connectivity index (χ1n) is 10.0. The number of nitrogens with zero attached hydrogens (tertiary/aromatic N) is 1. The molecule has 3 aromatic rings. The topological polar surface area (TPSA) is 58.6 Å². The first-order valence-corrected chi connectivity index (χ1v) is 10.0. The number of anilines is 2. The summed E-state index contributed by atoms with van der Waals surface area (Å²) in [6.07, 6.45) is 0.217. The molecule has 1 heterocycles. The van der Waals surface area contributed by atoms with Gasteiger partial charge in [-0.3, -0.25) is 9.59 Å². The van der Waals surface area contributed by atoms with Gasteiger partial charge in [0.1, 0.15) is 11.5 Å². The van der Waals surface area contributed by atoms with Crippen LogP contribution >= 0.6 is 0 Å². The van der Waals surface area contributed by atoms with E-state index in [1.807, 2.05) is 74.5 Å². The standard InChI is InChI=1S/C25H24N2O3/c1-17-7-3-5-9-22(17)27-16-19(15-24(27)28)25(29)26-20-11-13-21(14-12-20)30-23-10-6-4-8-18(23)2/h3-14,19H,15-16H2,1-2H3,(H,26,29)/t19-/m0/s1. The van der Waals surface area contributed by atoms with Crippen LogP contribution in [0.3, 0.4) is 0 Å². The lowest BCUT2D eigenvalue weighted by atomic mass is 10.1. The van der Waals surface area contributed by atoms with Crippen molar-refractivity contribution < 1.29 is 14.3 Å². The Morgan fingerprint density at radius 2 is 1.60 bits per heavy atom. The Labute approximate surface area is 176 Å². The maximum Gasteiger partial charge on any atom is 0.229 e. The minimum absolute atomic E-state index is 0.0218. The molecule has 152 valence electrons. The van der Waals surface area contributed by atoms with E-state index in [-0.39, 0.29) is 24.2 Å². The molecule has 0 aliphatic carbocycles. The third-order valence-electron chi connectivity index (χ3n) is 5.35. The molecule has 1 aliphatic rings. The summed E-state index contributed by atoms with van der Waals surface area (Å²) in [5, 5.41) is 2.92. The van der Waals surface area contributed by atoms with Crippen LogP contribution in [0.5, 0.6) is 11.5 Å². The number of carbonyl (C=O) groups excluding carboxylic acids is 2. The minimum atomic E-state index is -0.375. The fraction of sp³-hybridized carbons (Fsp3) is 0.200. The van der Waals surface area contributed by atoms with Gasteiger partial charge in [-0.1, -0.05) is 36.4 Å². The summed E-state index contributed by atoms with van der Waals surface area (Å²) >= 11 is 0. The maximum absolute atomic E-state index is 12.7. The van der Waals surface area contributed by atoms with Crippen LogP contribution in [-0.2, 0) is 9.59 Å². The Kier molecular flexibility index (Phi) is 5.53. The van der Waals surface area contributed by atoms with Gasteiger partial charge >= 0.3 is 0 Å². The summed E-state index contributed by atoms with van der Waals surface area (Å²) in [6, 6.07) is 22.8. The summed E-state index contributed by atoms with van der Waals surface area (Å²) in [5.74, 6) is 0.956. The molecule has 0 radical (unpaired) electrons. The van der Waals surface area contributed by atoms with Gasteiger partial charge in [0.25, 0.3) is 0 Å². The van der Waals surface area contributed by atoms with Gasteiger partial charge < -0.3 is 15.0 Å². The smallest absolute Gasteiger partial charge is 0.229 e. The summed E-state index contributed by atoms with van der Waals surface area (Å²) < 4.78 is 5.89. The van der Waals surface area contributed by atoms with Crippen LogP contribution < -0.4 is 15.0 Å². The number of aryl methyl sites for hydroxylation is 2. The van der Waals surface area contributed by atoms with Crippen molar-refractivity contribution in [1.82, 2.24) is 0 Å². The Balaban J connectivity index is 1.39. The average Bonchev–Trinajstić information content (AvgIpc) is 3.13. The van der Waals surface area contributed by atoms with Gasteiger partial charge in [0.05, 0.1) is 5.92 Å². The van der Waals surface area contributed by atoms with E-state index in [0.717, 1.165) is 22.6 Å². The van der Waals surface area contributed by atoms with Crippen LogP contribution in [0.1, 0.15) is 17.5 Å². The van der Waals surface area contributed by atoms with Crippen molar-refractivity contribution in [2.24, 2.45) is 5.92 Å². The Morgan fingerprint density at radius 3 is 2.30 bits per heavy atom. The SMILES string of the molecule is Cc1ccccc1Oc1ccc(NC(=O)[C@H]2CC(=O)N(c3ccccc3C)C2)cc1. The van der Waals surface area contributed by atoms with E-state index in [0.29, 0.717) is 18.0 Å². The molecule has 3 aromatic carbocycles. The van der Waals surface area contributed by atoms with Gasteiger partial charge in [-0.05, 0) is 61.4 Å². The summed E-state index contributed by atoms with van der Waals surface area (Å²) in [5.41, 5.74) is 3.63. The van der Waals surface area contributed by atoms with E-state index < -0.39 is 0 Å². The van der Waals surface area contributed by atoms with E-state index in [9.17, 15) is 9.59 Å². The lowest BCUT2D eigenvalue weighted by Gasteiger charge is -2.19. The van der Waals surface area contributed by atoms with E-state index in [1.165, 1.54) is 0 Å². The molecule has 30 heavy (non-hydrogen) atoms. The van der Waals surface area contributed by atoms with Gasteiger partial charge in [-0.25, -0.2) is 0 Å². The molecule has 4 rings (SSSR count). The highest BCUT2D eigenvalue weighted by molar-refractivity contribution is 6.03. The molecular weight excluding hydrogens is 376 g/mol. The van der Waals surface area contributed by atoms with Crippen molar-refractivity contribution in [3.05, 3.63) is 83.9 Å². The number of carbonyl (C=O) groups is 2. The quantitative estimate of drug-likeness (QED) is 0.649. The number of benzene rings is 3. The summed E-state index contributed by atoms with van der Waals surface area (Å²) in [7, 11) is 0. The maximum atomic E-state index is 12.7. The summed E-state index contributed by atoms with van der Waals surface area (Å²) in [4.78, 5) is 26.9. The minimum Gasteiger partial charge on any atom is -0.457 e. The van der Waals surface area contributed by atoms with Crippen molar-refractivity contribution in [2.45, 2.75) is 20.3 Å². The lowest BCUT2D eigenvalue weighted by molar-refractivity contribution is -0.122. The molecule has 1 saturated heterocycles. The van der Waals surface area contributed by atoms with Crippen LogP contribution in [0.4, 0.5) is 11.4 Å². The van der Waals surface area contributed by atoms with Crippen LogP contribution in [0.2, 0.25) is 0 Å². The molecule has 0 bridgehead atoms. The molecule has 5 heteroatoms. The molecule has 0 aromatic heterocycles. The van der Waals surface area contributed by atoms with Crippen LogP contribution in [-0.4, -0.2) is 18.4 Å². The predicted molar refractivity (Wildman–Crippen MR) is 118 cm³/mol. The zero-order valence-electron chi connectivity index (χ0n) is 17.1. The van der Waals surface area contributed by atoms with Crippen LogP contribution in [0.25, 0.3) is 0 Å². The fourth-order valence-corrected chi connectivity index (χ4v) is 3.63. The van der Waals surface area contributed by atoms with E-state index in [1.54, 1.807) is 17.0 Å². The third kappa shape index (κ3) is 4.20. The number of amides is 2. The lowest BCUT2D eigenvalue weighted by Crippen LogP contribution is -2.28. The average molecular weight is 400 g/mol. The van der Waals surface area contributed by atoms with E-state index in [2.05, 4.69) is 5.32 Å². The number of rotatable bonds is 5. The number of hydrogen-bond acceptors (Lipinski definition) is 3. The second kappa shape index (κ2) is 8.41. The van der Waals surface area contributed by atoms with Crippen molar-refractivity contribution in [3.8, 4) is 11.5 Å². The van der Waals surface area contributed by atoms with Crippen molar-refractivity contribution in [3.63, 3.8) is 0 Å². The second-order valence-electron chi connectivity index (χ2n) is 7.57. The zero-order chi connectivity index (χ0) is 21.1. The largest absolute Gasteiger partial charge is 0.457 e. The summed E-state index contributed by atoms with van der Waals surface area (Å²) in [6.45, 7) is 4.35. The number of ether oxygens (including phenoxy) is 1. The van der Waals surface area contributed by atoms with Gasteiger partial charge in [-0.2, -0.15) is 0 Å². The van der Waals surface area contributed by atoms with Crippen LogP contribution in [0, 0.1) is 19.8 Å². The zero-order valence-corrected chi connectivity index (χ0v) is 17.1. The number of para-hydroxylation sites is 2. The highest BCUT2D eigenvalue weighted by Gasteiger charge is 2.35. The normalized spacial score (nSPS) is 15.9. The van der Waals surface area contributed by atoms with Gasteiger partial charge in [0, 0.05) is 24.3 Å². The first-order chi connectivity index (χ1) is 14.5.